The monoisotopic (exact) mass is 299 g/mol. The highest BCUT2D eigenvalue weighted by molar-refractivity contribution is 6.04. The molecule has 114 valence electrons. The Morgan fingerprint density at radius 1 is 1.05 bits per heavy atom. The zero-order valence-electron chi connectivity index (χ0n) is 12.8. The molecule has 0 unspecified atom stereocenters. The van der Waals surface area contributed by atoms with Crippen LogP contribution in [-0.2, 0) is 15.9 Å². The van der Waals surface area contributed by atoms with E-state index in [0.29, 0.717) is 17.8 Å². The Hall–Kier alpha value is -2.69. The molecule has 0 saturated carbocycles. The van der Waals surface area contributed by atoms with E-state index in [2.05, 4.69) is 4.98 Å². The largest absolute Gasteiger partial charge is 0.465 e. The number of aryl methyl sites for hydroxylation is 1. The Morgan fingerprint density at radius 3 is 2.27 bits per heavy atom. The second kappa shape index (κ2) is 6.85. The SMILES string of the molecule is COC(=O)c1cc(C)nc(Cc2ccccc2)c1C(=O)OC. The van der Waals surface area contributed by atoms with Crippen molar-refractivity contribution in [2.75, 3.05) is 14.2 Å². The van der Waals surface area contributed by atoms with Crippen molar-refractivity contribution in [3.05, 3.63) is 64.5 Å². The molecular formula is C17H17NO4. The van der Waals surface area contributed by atoms with Crippen LogP contribution in [0.4, 0.5) is 0 Å². The van der Waals surface area contributed by atoms with Crippen LogP contribution in [0.3, 0.4) is 0 Å². The number of hydrogen-bond donors (Lipinski definition) is 0. The lowest BCUT2D eigenvalue weighted by Gasteiger charge is -2.12. The number of rotatable bonds is 4. The molecular weight excluding hydrogens is 282 g/mol. The highest BCUT2D eigenvalue weighted by atomic mass is 16.5. The van der Waals surface area contributed by atoms with Gasteiger partial charge in [0.25, 0.3) is 0 Å². The molecule has 1 aromatic heterocycles. The number of methoxy groups -OCH3 is 2. The standard InChI is InChI=1S/C17H17NO4/c1-11-9-13(16(19)21-2)15(17(20)22-3)14(18-11)10-12-7-5-4-6-8-12/h4-9H,10H2,1-3H3. The van der Waals surface area contributed by atoms with Crippen molar-refractivity contribution in [3.63, 3.8) is 0 Å². The number of carbonyl (C=O) groups excluding carboxylic acids is 2. The van der Waals surface area contributed by atoms with E-state index in [1.807, 2.05) is 30.3 Å². The summed E-state index contributed by atoms with van der Waals surface area (Å²) in [6.45, 7) is 1.77. The number of benzene rings is 1. The van der Waals surface area contributed by atoms with Crippen LogP contribution in [0.25, 0.3) is 0 Å². The molecule has 0 aliphatic heterocycles. The van der Waals surface area contributed by atoms with Crippen LogP contribution in [0, 0.1) is 6.92 Å². The van der Waals surface area contributed by atoms with Gasteiger partial charge in [0.05, 0.1) is 31.0 Å². The van der Waals surface area contributed by atoms with E-state index in [1.54, 1.807) is 6.92 Å². The van der Waals surface area contributed by atoms with Gasteiger partial charge in [-0.2, -0.15) is 0 Å². The van der Waals surface area contributed by atoms with E-state index in [-0.39, 0.29) is 11.1 Å². The summed E-state index contributed by atoms with van der Waals surface area (Å²) in [5.74, 6) is -1.18. The van der Waals surface area contributed by atoms with Crippen molar-refractivity contribution in [3.8, 4) is 0 Å². The summed E-state index contributed by atoms with van der Waals surface area (Å²) in [5, 5.41) is 0. The Bertz CT molecular complexity index is 695. The van der Waals surface area contributed by atoms with E-state index < -0.39 is 11.9 Å². The van der Waals surface area contributed by atoms with E-state index >= 15 is 0 Å². The maximum Gasteiger partial charge on any atom is 0.340 e. The molecule has 5 heteroatoms. The minimum atomic E-state index is -0.598. The minimum absolute atomic E-state index is 0.156. The lowest BCUT2D eigenvalue weighted by Crippen LogP contribution is -2.17. The molecule has 5 nitrogen and oxygen atoms in total. The topological polar surface area (TPSA) is 65.5 Å². The van der Waals surface area contributed by atoms with Gasteiger partial charge in [0.1, 0.15) is 0 Å². The van der Waals surface area contributed by atoms with Crippen LogP contribution in [-0.4, -0.2) is 31.1 Å². The molecule has 0 N–H and O–H groups in total. The van der Waals surface area contributed by atoms with Crippen LogP contribution < -0.4 is 0 Å². The van der Waals surface area contributed by atoms with Gasteiger partial charge in [0.15, 0.2) is 0 Å². The first-order valence-corrected chi connectivity index (χ1v) is 6.78. The van der Waals surface area contributed by atoms with Gasteiger partial charge in [-0.05, 0) is 18.6 Å². The van der Waals surface area contributed by atoms with Crippen molar-refractivity contribution >= 4 is 11.9 Å². The summed E-state index contributed by atoms with van der Waals surface area (Å²) in [6, 6.07) is 11.1. The van der Waals surface area contributed by atoms with Crippen molar-refractivity contribution in [1.82, 2.24) is 4.98 Å². The van der Waals surface area contributed by atoms with Gasteiger partial charge in [-0.3, -0.25) is 4.98 Å². The van der Waals surface area contributed by atoms with Gasteiger partial charge < -0.3 is 9.47 Å². The summed E-state index contributed by atoms with van der Waals surface area (Å²) < 4.78 is 9.56. The van der Waals surface area contributed by atoms with Crippen molar-refractivity contribution in [2.24, 2.45) is 0 Å². The summed E-state index contributed by atoms with van der Waals surface area (Å²) in [4.78, 5) is 28.5. The Labute approximate surface area is 128 Å². The van der Waals surface area contributed by atoms with Crippen molar-refractivity contribution in [2.45, 2.75) is 13.3 Å². The van der Waals surface area contributed by atoms with Gasteiger partial charge >= 0.3 is 11.9 Å². The molecule has 0 aliphatic rings. The Morgan fingerprint density at radius 2 is 1.68 bits per heavy atom. The number of esters is 2. The van der Waals surface area contributed by atoms with Crippen LogP contribution in [0.2, 0.25) is 0 Å². The highest BCUT2D eigenvalue weighted by Gasteiger charge is 2.24. The van der Waals surface area contributed by atoms with Gasteiger partial charge in [0, 0.05) is 12.1 Å². The number of nitrogens with zero attached hydrogens (tertiary/aromatic N) is 1. The normalized spacial score (nSPS) is 10.1. The quantitative estimate of drug-likeness (QED) is 0.812. The fourth-order valence-corrected chi connectivity index (χ4v) is 2.26. The molecule has 0 atom stereocenters. The maximum absolute atomic E-state index is 12.1. The van der Waals surface area contributed by atoms with Gasteiger partial charge in [-0.15, -0.1) is 0 Å². The first-order valence-electron chi connectivity index (χ1n) is 6.78. The molecule has 1 aromatic carbocycles. The number of carbonyl (C=O) groups is 2. The average molecular weight is 299 g/mol. The molecule has 1 heterocycles. The van der Waals surface area contributed by atoms with E-state index in [0.717, 1.165) is 5.56 Å². The summed E-state index contributed by atoms with van der Waals surface area (Å²) in [6.07, 6.45) is 0.428. The first kappa shape index (κ1) is 15.7. The third kappa shape index (κ3) is 3.31. The molecule has 2 aromatic rings. The van der Waals surface area contributed by atoms with E-state index in [1.165, 1.54) is 20.3 Å². The second-order valence-electron chi connectivity index (χ2n) is 4.78. The second-order valence-corrected chi connectivity index (χ2v) is 4.78. The Kier molecular flexibility index (Phi) is 4.88. The molecule has 0 radical (unpaired) electrons. The number of ether oxygens (including phenoxy) is 2. The lowest BCUT2D eigenvalue weighted by molar-refractivity contribution is 0.0553. The van der Waals surface area contributed by atoms with Crippen molar-refractivity contribution < 1.29 is 19.1 Å². The zero-order chi connectivity index (χ0) is 16.1. The predicted octanol–water partition coefficient (Wildman–Crippen LogP) is 2.55. The number of hydrogen-bond acceptors (Lipinski definition) is 5. The summed E-state index contributed by atoms with van der Waals surface area (Å²) in [7, 11) is 2.55. The molecule has 2 rings (SSSR count). The fourth-order valence-electron chi connectivity index (χ4n) is 2.26. The third-order valence-electron chi connectivity index (χ3n) is 3.23. The predicted molar refractivity (Wildman–Crippen MR) is 80.9 cm³/mol. The van der Waals surface area contributed by atoms with Crippen LogP contribution in [0.5, 0.6) is 0 Å². The average Bonchev–Trinajstić information content (AvgIpc) is 2.53. The van der Waals surface area contributed by atoms with Gasteiger partial charge in [-0.25, -0.2) is 9.59 Å². The minimum Gasteiger partial charge on any atom is -0.465 e. The van der Waals surface area contributed by atoms with E-state index in [4.69, 9.17) is 9.47 Å². The van der Waals surface area contributed by atoms with Crippen LogP contribution in [0.15, 0.2) is 36.4 Å². The highest BCUT2D eigenvalue weighted by Crippen LogP contribution is 2.20. The zero-order valence-corrected chi connectivity index (χ0v) is 12.8. The molecule has 0 fully saturated rings. The molecule has 0 spiro atoms. The lowest BCUT2D eigenvalue weighted by atomic mass is 10.00. The molecule has 0 aliphatic carbocycles. The number of aromatic nitrogens is 1. The first-order chi connectivity index (χ1) is 10.6. The van der Waals surface area contributed by atoms with E-state index in [9.17, 15) is 9.59 Å². The Balaban J connectivity index is 2.58. The van der Waals surface area contributed by atoms with Crippen LogP contribution >= 0.6 is 0 Å². The molecule has 0 bridgehead atoms. The molecule has 0 saturated heterocycles. The molecule has 0 amide bonds. The summed E-state index contributed by atoms with van der Waals surface area (Å²) >= 11 is 0. The van der Waals surface area contributed by atoms with Gasteiger partial charge in [-0.1, -0.05) is 30.3 Å². The number of pyridine rings is 1. The van der Waals surface area contributed by atoms with Crippen molar-refractivity contribution in [1.29, 1.82) is 0 Å². The third-order valence-corrected chi connectivity index (χ3v) is 3.23. The maximum atomic E-state index is 12.1. The summed E-state index contributed by atoms with van der Waals surface area (Å²) in [5.41, 5.74) is 2.45. The van der Waals surface area contributed by atoms with Crippen LogP contribution in [0.1, 0.15) is 37.7 Å². The smallest absolute Gasteiger partial charge is 0.340 e. The fraction of sp³-hybridized carbons (Fsp3) is 0.235. The molecule has 22 heavy (non-hydrogen) atoms. The van der Waals surface area contributed by atoms with Gasteiger partial charge in [0.2, 0.25) is 0 Å².